The van der Waals surface area contributed by atoms with Gasteiger partial charge in [0.05, 0.1) is 12.6 Å². The van der Waals surface area contributed by atoms with Gasteiger partial charge in [-0.05, 0) is 23.2 Å². The first-order valence-electron chi connectivity index (χ1n) is 8.20. The highest BCUT2D eigenvalue weighted by Crippen LogP contribution is 2.45. The van der Waals surface area contributed by atoms with E-state index in [9.17, 15) is 4.79 Å². The van der Waals surface area contributed by atoms with Crippen LogP contribution in [0.1, 0.15) is 41.5 Å². The number of β-lactam (4-membered cyclic amide) rings is 1. The molecule has 0 saturated carbocycles. The number of amides is 1. The normalized spacial score (nSPS) is 21.2. The highest BCUT2D eigenvalue weighted by Gasteiger charge is 2.54. The summed E-state index contributed by atoms with van der Waals surface area (Å²) in [6, 6.07) is 0.0718. The second-order valence-electron chi connectivity index (χ2n) is 9.60. The maximum Gasteiger partial charge on any atom is 0.244 e. The van der Waals surface area contributed by atoms with Crippen LogP contribution in [-0.4, -0.2) is 39.7 Å². The van der Waals surface area contributed by atoms with Gasteiger partial charge in [-0.25, -0.2) is 0 Å². The van der Waals surface area contributed by atoms with Gasteiger partial charge in [-0.2, -0.15) is 0 Å². The van der Waals surface area contributed by atoms with E-state index >= 15 is 0 Å². The summed E-state index contributed by atoms with van der Waals surface area (Å²) >= 11 is 0. The van der Waals surface area contributed by atoms with Crippen molar-refractivity contribution in [2.45, 2.75) is 83.8 Å². The van der Waals surface area contributed by atoms with Crippen LogP contribution in [0.25, 0.3) is 0 Å². The van der Waals surface area contributed by atoms with Gasteiger partial charge in [-0.3, -0.25) is 4.79 Å². The van der Waals surface area contributed by atoms with E-state index in [1.54, 1.807) is 0 Å². The maximum atomic E-state index is 12.4. The Balaban J connectivity index is 2.91. The molecule has 3 nitrogen and oxygen atoms in total. The SMILES string of the molecule is C=C1C(=O)N([Si](C)(C)C(C)(C)C)C1CO[Si](C)(C)C(C)(C)C. The fourth-order valence-electron chi connectivity index (χ4n) is 2.21. The minimum Gasteiger partial charge on any atom is -0.414 e. The van der Waals surface area contributed by atoms with Gasteiger partial charge in [0.25, 0.3) is 0 Å². The average molecular weight is 342 g/mol. The summed E-state index contributed by atoms with van der Waals surface area (Å²) in [5.41, 5.74) is 0.725. The third-order valence-corrected chi connectivity index (χ3v) is 15.9. The van der Waals surface area contributed by atoms with Crippen molar-refractivity contribution in [2.24, 2.45) is 0 Å². The molecule has 1 fully saturated rings. The lowest BCUT2D eigenvalue weighted by atomic mass is 10.0. The molecule has 1 atom stereocenters. The van der Waals surface area contributed by atoms with Crippen molar-refractivity contribution in [3.05, 3.63) is 12.2 Å². The molecule has 0 aliphatic carbocycles. The first-order valence-corrected chi connectivity index (χ1v) is 14.1. The Kier molecular flexibility index (Phi) is 5.00. The van der Waals surface area contributed by atoms with Crippen molar-refractivity contribution in [3.8, 4) is 0 Å². The molecule has 5 heteroatoms. The molecule has 1 saturated heterocycles. The highest BCUT2D eigenvalue weighted by atomic mass is 28.4. The van der Waals surface area contributed by atoms with Crippen LogP contribution >= 0.6 is 0 Å². The van der Waals surface area contributed by atoms with Crippen LogP contribution in [-0.2, 0) is 9.22 Å². The van der Waals surface area contributed by atoms with Crippen LogP contribution < -0.4 is 0 Å². The molecule has 1 amide bonds. The Morgan fingerprint density at radius 3 is 1.86 bits per heavy atom. The molecule has 0 aromatic carbocycles. The number of rotatable bonds is 4. The van der Waals surface area contributed by atoms with Crippen LogP contribution in [0.4, 0.5) is 0 Å². The van der Waals surface area contributed by atoms with Gasteiger partial charge in [0.15, 0.2) is 16.6 Å². The largest absolute Gasteiger partial charge is 0.414 e. The lowest BCUT2D eigenvalue weighted by molar-refractivity contribution is -0.132. The molecule has 22 heavy (non-hydrogen) atoms. The molecular formula is C17H35NO2Si2. The van der Waals surface area contributed by atoms with Crippen molar-refractivity contribution < 1.29 is 9.22 Å². The fraction of sp³-hybridized carbons (Fsp3) is 0.824. The molecule has 0 aromatic rings. The number of hydrogen-bond donors (Lipinski definition) is 0. The van der Waals surface area contributed by atoms with Crippen molar-refractivity contribution >= 4 is 22.5 Å². The zero-order chi connectivity index (χ0) is 17.7. The molecule has 1 aliphatic rings. The molecule has 0 N–H and O–H groups in total. The maximum absolute atomic E-state index is 12.4. The summed E-state index contributed by atoms with van der Waals surface area (Å²) < 4.78 is 8.47. The topological polar surface area (TPSA) is 29.5 Å². The summed E-state index contributed by atoms with van der Waals surface area (Å²) in [5, 5.41) is 0.322. The predicted octanol–water partition coefficient (Wildman–Crippen LogP) is 4.78. The van der Waals surface area contributed by atoms with Crippen LogP contribution in [0.5, 0.6) is 0 Å². The number of hydrogen-bond acceptors (Lipinski definition) is 2. The van der Waals surface area contributed by atoms with Crippen LogP contribution in [0, 0.1) is 0 Å². The first kappa shape index (κ1) is 19.7. The number of nitrogens with zero attached hydrogens (tertiary/aromatic N) is 1. The van der Waals surface area contributed by atoms with Gasteiger partial charge in [0.2, 0.25) is 5.91 Å². The Hall–Kier alpha value is -0.396. The zero-order valence-corrected chi connectivity index (χ0v) is 18.3. The Morgan fingerprint density at radius 1 is 1.05 bits per heavy atom. The molecule has 1 heterocycles. The minimum absolute atomic E-state index is 0.0718. The Labute approximate surface area is 139 Å². The van der Waals surface area contributed by atoms with E-state index in [1.165, 1.54) is 0 Å². The second-order valence-corrected chi connectivity index (χ2v) is 19.5. The molecule has 1 rings (SSSR count). The Morgan fingerprint density at radius 2 is 1.50 bits per heavy atom. The second kappa shape index (κ2) is 5.60. The van der Waals surface area contributed by atoms with Crippen molar-refractivity contribution in [2.75, 3.05) is 6.61 Å². The molecule has 1 unspecified atom stereocenters. The summed E-state index contributed by atoms with van der Waals surface area (Å²) in [7, 11) is -3.67. The average Bonchev–Trinajstić information content (AvgIpc) is 2.29. The molecular weight excluding hydrogens is 306 g/mol. The fourth-order valence-corrected chi connectivity index (χ4v) is 5.60. The van der Waals surface area contributed by atoms with Gasteiger partial charge in [0, 0.05) is 5.57 Å². The van der Waals surface area contributed by atoms with E-state index < -0.39 is 16.6 Å². The molecule has 128 valence electrons. The molecule has 0 aromatic heterocycles. The van der Waals surface area contributed by atoms with Gasteiger partial charge in [-0.1, -0.05) is 61.2 Å². The van der Waals surface area contributed by atoms with Gasteiger partial charge >= 0.3 is 0 Å². The summed E-state index contributed by atoms with van der Waals surface area (Å²) in [4.78, 5) is 12.4. The first-order chi connectivity index (χ1) is 9.54. The highest BCUT2D eigenvalue weighted by molar-refractivity contribution is 6.80. The predicted molar refractivity (Wildman–Crippen MR) is 100 cm³/mol. The monoisotopic (exact) mass is 341 g/mol. The quantitative estimate of drug-likeness (QED) is 0.418. The lowest BCUT2D eigenvalue weighted by Gasteiger charge is -2.56. The summed E-state index contributed by atoms with van der Waals surface area (Å²) in [5.74, 6) is 0.135. The van der Waals surface area contributed by atoms with E-state index in [0.29, 0.717) is 6.61 Å². The number of carbonyl (C=O) groups excluding carboxylic acids is 1. The van der Waals surface area contributed by atoms with Crippen molar-refractivity contribution in [3.63, 3.8) is 0 Å². The zero-order valence-electron chi connectivity index (χ0n) is 16.3. The van der Waals surface area contributed by atoms with Crippen molar-refractivity contribution in [1.82, 2.24) is 4.57 Å². The van der Waals surface area contributed by atoms with E-state index in [0.717, 1.165) is 5.57 Å². The summed E-state index contributed by atoms with van der Waals surface area (Å²) in [6.45, 7) is 27.1. The van der Waals surface area contributed by atoms with E-state index in [1.807, 2.05) is 0 Å². The van der Waals surface area contributed by atoms with E-state index in [-0.39, 0.29) is 22.0 Å². The van der Waals surface area contributed by atoms with Gasteiger partial charge < -0.3 is 8.99 Å². The molecule has 1 aliphatic heterocycles. The smallest absolute Gasteiger partial charge is 0.244 e. The van der Waals surface area contributed by atoms with Crippen LogP contribution in [0.15, 0.2) is 12.2 Å². The third kappa shape index (κ3) is 3.26. The lowest BCUT2D eigenvalue weighted by Crippen LogP contribution is -2.70. The van der Waals surface area contributed by atoms with Gasteiger partial charge in [0.1, 0.15) is 0 Å². The van der Waals surface area contributed by atoms with Crippen LogP contribution in [0.2, 0.25) is 36.3 Å². The van der Waals surface area contributed by atoms with Gasteiger partial charge in [-0.15, -0.1) is 0 Å². The number of carbonyl (C=O) groups is 1. The third-order valence-electron chi connectivity index (χ3n) is 6.05. The summed E-state index contributed by atoms with van der Waals surface area (Å²) in [6.07, 6.45) is 0. The molecule has 0 spiro atoms. The standard InChI is InChI=1S/C17H35NO2Si2/c1-13-14(12-20-22(10,11)17(5,6)7)18(15(13)19)21(8,9)16(2,3)4/h14H,1,12H2,2-11H3. The van der Waals surface area contributed by atoms with E-state index in [4.69, 9.17) is 4.43 Å². The van der Waals surface area contributed by atoms with E-state index in [2.05, 4.69) is 78.9 Å². The minimum atomic E-state index is -1.87. The molecule has 0 bridgehead atoms. The molecule has 0 radical (unpaired) electrons. The Bertz CT molecular complexity index is 470. The van der Waals surface area contributed by atoms with Crippen LogP contribution in [0.3, 0.4) is 0 Å². The van der Waals surface area contributed by atoms with Crippen molar-refractivity contribution in [1.29, 1.82) is 0 Å².